The van der Waals surface area contributed by atoms with Crippen LogP contribution in [0.4, 0.5) is 0 Å². The van der Waals surface area contributed by atoms with E-state index >= 15 is 0 Å². The molecule has 0 amide bonds. The van der Waals surface area contributed by atoms with E-state index in [9.17, 15) is 4.79 Å². The Kier molecular flexibility index (Phi) is 7.12. The van der Waals surface area contributed by atoms with Crippen LogP contribution < -0.4 is 23.7 Å². The van der Waals surface area contributed by atoms with E-state index in [4.69, 9.17) is 23.7 Å². The van der Waals surface area contributed by atoms with Crippen LogP contribution in [0.1, 0.15) is 15.9 Å². The normalized spacial score (nSPS) is 10.6. The van der Waals surface area contributed by atoms with Gasteiger partial charge in [-0.15, -0.1) is 0 Å². The van der Waals surface area contributed by atoms with Crippen LogP contribution in [0.3, 0.4) is 0 Å². The molecule has 0 aliphatic heterocycles. The summed E-state index contributed by atoms with van der Waals surface area (Å²) >= 11 is 3.47. The summed E-state index contributed by atoms with van der Waals surface area (Å²) in [6, 6.07) is 6.78. The average Bonchev–Trinajstić information content (AvgIpc) is 2.70. The van der Waals surface area contributed by atoms with Crippen LogP contribution in [0.2, 0.25) is 0 Å². The highest BCUT2D eigenvalue weighted by molar-refractivity contribution is 9.10. The number of hydrogen-bond acceptors (Lipinski definition) is 6. The number of ketones is 1. The van der Waals surface area contributed by atoms with Crippen molar-refractivity contribution in [2.24, 2.45) is 0 Å². The SMILES string of the molecule is COc1cc(Br)c(/C=C/C(=O)c2cc(OC)c(OC)c(OC)c2)cc1OC. The molecule has 0 unspecified atom stereocenters. The summed E-state index contributed by atoms with van der Waals surface area (Å²) < 4.78 is 27.2. The van der Waals surface area contributed by atoms with Gasteiger partial charge in [0.25, 0.3) is 0 Å². The smallest absolute Gasteiger partial charge is 0.203 e. The van der Waals surface area contributed by atoms with Crippen molar-refractivity contribution in [2.45, 2.75) is 0 Å². The number of rotatable bonds is 8. The van der Waals surface area contributed by atoms with Crippen LogP contribution in [0.15, 0.2) is 34.8 Å². The molecule has 0 heterocycles. The predicted molar refractivity (Wildman–Crippen MR) is 107 cm³/mol. The Hall–Kier alpha value is -2.67. The molecule has 27 heavy (non-hydrogen) atoms. The zero-order valence-corrected chi connectivity index (χ0v) is 17.4. The van der Waals surface area contributed by atoms with Crippen molar-refractivity contribution in [2.75, 3.05) is 35.5 Å². The fraction of sp³-hybridized carbons (Fsp3) is 0.250. The molecule has 2 aromatic rings. The lowest BCUT2D eigenvalue weighted by atomic mass is 10.1. The third-order valence-electron chi connectivity index (χ3n) is 3.87. The summed E-state index contributed by atoms with van der Waals surface area (Å²) in [6.07, 6.45) is 3.16. The van der Waals surface area contributed by atoms with Crippen molar-refractivity contribution in [1.82, 2.24) is 0 Å². The maximum atomic E-state index is 12.6. The minimum absolute atomic E-state index is 0.212. The Morgan fingerprint density at radius 2 is 1.30 bits per heavy atom. The molecule has 0 aromatic heterocycles. The summed E-state index contributed by atoms with van der Waals surface area (Å²) in [7, 11) is 7.63. The molecule has 2 aromatic carbocycles. The Balaban J connectivity index is 2.37. The van der Waals surface area contributed by atoms with Gasteiger partial charge in [-0.05, 0) is 42.0 Å². The zero-order chi connectivity index (χ0) is 20.0. The highest BCUT2D eigenvalue weighted by atomic mass is 79.9. The number of allylic oxidation sites excluding steroid dienone is 1. The first kappa shape index (κ1) is 20.6. The zero-order valence-electron chi connectivity index (χ0n) is 15.8. The van der Waals surface area contributed by atoms with E-state index in [0.29, 0.717) is 34.3 Å². The summed E-state index contributed by atoms with van der Waals surface area (Å²) in [6.45, 7) is 0. The van der Waals surface area contributed by atoms with Crippen molar-refractivity contribution in [3.8, 4) is 28.7 Å². The fourth-order valence-electron chi connectivity index (χ4n) is 2.48. The van der Waals surface area contributed by atoms with Gasteiger partial charge in [0.1, 0.15) is 0 Å². The van der Waals surface area contributed by atoms with Gasteiger partial charge in [-0.1, -0.05) is 15.9 Å². The molecule has 0 aliphatic carbocycles. The quantitative estimate of drug-likeness (QED) is 0.451. The van der Waals surface area contributed by atoms with Crippen LogP contribution in [0.5, 0.6) is 28.7 Å². The highest BCUT2D eigenvalue weighted by Gasteiger charge is 2.16. The third-order valence-corrected chi connectivity index (χ3v) is 4.55. The number of ether oxygens (including phenoxy) is 5. The molecule has 144 valence electrons. The fourth-order valence-corrected chi connectivity index (χ4v) is 2.94. The van der Waals surface area contributed by atoms with Crippen molar-refractivity contribution >= 4 is 27.8 Å². The maximum Gasteiger partial charge on any atom is 0.203 e. The average molecular weight is 437 g/mol. The van der Waals surface area contributed by atoms with Crippen LogP contribution in [0, 0.1) is 0 Å². The van der Waals surface area contributed by atoms with Crippen LogP contribution >= 0.6 is 15.9 Å². The molecule has 7 heteroatoms. The van der Waals surface area contributed by atoms with Gasteiger partial charge in [-0.25, -0.2) is 0 Å². The maximum absolute atomic E-state index is 12.6. The Morgan fingerprint density at radius 1 is 0.778 bits per heavy atom. The van der Waals surface area contributed by atoms with E-state index in [0.717, 1.165) is 10.0 Å². The van der Waals surface area contributed by atoms with Crippen LogP contribution in [-0.4, -0.2) is 41.3 Å². The van der Waals surface area contributed by atoms with Gasteiger partial charge in [0.15, 0.2) is 28.8 Å². The number of carbonyl (C=O) groups is 1. The topological polar surface area (TPSA) is 63.2 Å². The summed E-state index contributed by atoms with van der Waals surface area (Å²) in [5.74, 6) is 2.22. The molecular weight excluding hydrogens is 416 g/mol. The molecule has 0 saturated carbocycles. The van der Waals surface area contributed by atoms with Gasteiger partial charge in [0.2, 0.25) is 5.75 Å². The molecule has 0 fully saturated rings. The summed E-state index contributed by atoms with van der Waals surface area (Å²) in [5, 5.41) is 0. The number of benzene rings is 2. The number of carbonyl (C=O) groups excluding carboxylic acids is 1. The lowest BCUT2D eigenvalue weighted by Gasteiger charge is -2.13. The van der Waals surface area contributed by atoms with E-state index in [1.807, 2.05) is 0 Å². The van der Waals surface area contributed by atoms with Crippen molar-refractivity contribution in [3.05, 3.63) is 45.9 Å². The van der Waals surface area contributed by atoms with E-state index in [-0.39, 0.29) is 5.78 Å². The van der Waals surface area contributed by atoms with Crippen molar-refractivity contribution < 1.29 is 28.5 Å². The molecule has 0 bridgehead atoms. The van der Waals surface area contributed by atoms with E-state index in [1.54, 1.807) is 44.6 Å². The van der Waals surface area contributed by atoms with Gasteiger partial charge >= 0.3 is 0 Å². The molecule has 6 nitrogen and oxygen atoms in total. The molecular formula is C20H21BrO6. The largest absolute Gasteiger partial charge is 0.493 e. The summed E-state index contributed by atoms with van der Waals surface area (Å²) in [4.78, 5) is 12.6. The molecule has 0 atom stereocenters. The Labute approximate surface area is 166 Å². The first-order valence-corrected chi connectivity index (χ1v) is 8.72. The van der Waals surface area contributed by atoms with Gasteiger partial charge in [0.05, 0.1) is 35.5 Å². The number of methoxy groups -OCH3 is 5. The minimum atomic E-state index is -0.212. The molecule has 2 rings (SSSR count). The molecule has 0 saturated heterocycles. The third kappa shape index (κ3) is 4.54. The standard InChI is InChI=1S/C20H21BrO6/c1-23-16-8-12(14(21)11-17(16)24-2)6-7-15(22)13-9-18(25-3)20(27-5)19(10-13)26-4/h6-11H,1-5H3/b7-6+. The van der Waals surface area contributed by atoms with Gasteiger partial charge in [-0.2, -0.15) is 0 Å². The van der Waals surface area contributed by atoms with Gasteiger partial charge in [0, 0.05) is 10.0 Å². The second kappa shape index (κ2) is 9.32. The van der Waals surface area contributed by atoms with Crippen LogP contribution in [-0.2, 0) is 0 Å². The minimum Gasteiger partial charge on any atom is -0.493 e. The molecule has 0 radical (unpaired) electrons. The van der Waals surface area contributed by atoms with Crippen LogP contribution in [0.25, 0.3) is 6.08 Å². The van der Waals surface area contributed by atoms with Gasteiger partial charge in [-0.3, -0.25) is 4.79 Å². The predicted octanol–water partition coefficient (Wildman–Crippen LogP) is 4.39. The molecule has 0 aliphatic rings. The molecule has 0 spiro atoms. The van der Waals surface area contributed by atoms with E-state index < -0.39 is 0 Å². The number of halogens is 1. The monoisotopic (exact) mass is 436 g/mol. The van der Waals surface area contributed by atoms with Crippen molar-refractivity contribution in [3.63, 3.8) is 0 Å². The van der Waals surface area contributed by atoms with E-state index in [2.05, 4.69) is 15.9 Å². The highest BCUT2D eigenvalue weighted by Crippen LogP contribution is 2.38. The Morgan fingerprint density at radius 3 is 1.78 bits per heavy atom. The first-order valence-electron chi connectivity index (χ1n) is 7.93. The van der Waals surface area contributed by atoms with Crippen molar-refractivity contribution in [1.29, 1.82) is 0 Å². The molecule has 0 N–H and O–H groups in total. The second-order valence-electron chi connectivity index (χ2n) is 5.34. The van der Waals surface area contributed by atoms with E-state index in [1.165, 1.54) is 27.4 Å². The lowest BCUT2D eigenvalue weighted by Crippen LogP contribution is -2.00. The lowest BCUT2D eigenvalue weighted by molar-refractivity contribution is 0.104. The Bertz CT molecular complexity index is 835. The summed E-state index contributed by atoms with van der Waals surface area (Å²) in [5.41, 5.74) is 1.19. The van der Waals surface area contributed by atoms with Gasteiger partial charge < -0.3 is 23.7 Å². The first-order chi connectivity index (χ1) is 13.0. The second-order valence-corrected chi connectivity index (χ2v) is 6.19. The number of hydrogen-bond donors (Lipinski definition) is 0.